The molecular weight excluding hydrogens is 399 g/mol. The number of nitrogens with one attached hydrogen (secondary N) is 3. The molecule has 1 aromatic heterocycles. The minimum absolute atomic E-state index is 0.0863. The van der Waals surface area contributed by atoms with Crippen molar-refractivity contribution in [3.05, 3.63) is 65.6 Å². The lowest BCUT2D eigenvalue weighted by Gasteiger charge is -2.10. The van der Waals surface area contributed by atoms with Gasteiger partial charge >= 0.3 is 0 Å². The number of rotatable bonds is 5. The van der Waals surface area contributed by atoms with Crippen molar-refractivity contribution in [2.75, 3.05) is 17.7 Å². The number of aromatic nitrogens is 2. The van der Waals surface area contributed by atoms with Crippen LogP contribution in [0.2, 0.25) is 0 Å². The number of nitrogens with zero attached hydrogens (tertiary/aromatic N) is 2. The summed E-state index contributed by atoms with van der Waals surface area (Å²) in [5.74, 6) is -2.56. The highest BCUT2D eigenvalue weighted by molar-refractivity contribution is 5.82. The molecular formula is C20H16F3N5O2. The fourth-order valence-electron chi connectivity index (χ4n) is 2.99. The zero-order valence-corrected chi connectivity index (χ0v) is 15.7. The van der Waals surface area contributed by atoms with Gasteiger partial charge in [0.1, 0.15) is 5.75 Å². The summed E-state index contributed by atoms with van der Waals surface area (Å²) in [5, 5.41) is 8.09. The first-order chi connectivity index (χ1) is 14.4. The number of ether oxygens (including phenoxy) is 1. The first-order valence-electron chi connectivity index (χ1n) is 8.96. The van der Waals surface area contributed by atoms with E-state index in [1.54, 1.807) is 25.2 Å². The maximum atomic E-state index is 14.1. The van der Waals surface area contributed by atoms with Crippen molar-refractivity contribution in [3.63, 3.8) is 0 Å². The van der Waals surface area contributed by atoms with Gasteiger partial charge in [-0.25, -0.2) is 18.2 Å². The van der Waals surface area contributed by atoms with Gasteiger partial charge in [0.25, 0.3) is 5.91 Å². The Morgan fingerprint density at radius 2 is 1.80 bits per heavy atom. The Hall–Kier alpha value is -3.82. The first-order valence-corrected chi connectivity index (χ1v) is 8.96. The van der Waals surface area contributed by atoms with E-state index in [4.69, 9.17) is 4.74 Å². The highest BCUT2D eigenvalue weighted by atomic mass is 19.2. The van der Waals surface area contributed by atoms with Crippen molar-refractivity contribution in [2.45, 2.75) is 12.5 Å². The fraction of sp³-hybridized carbons (Fsp3) is 0.150. The second kappa shape index (κ2) is 7.90. The largest absolute Gasteiger partial charge is 0.480 e. The van der Waals surface area contributed by atoms with Crippen LogP contribution in [0, 0.1) is 17.5 Å². The molecule has 30 heavy (non-hydrogen) atoms. The van der Waals surface area contributed by atoms with Crippen LogP contribution in [0.4, 0.5) is 36.3 Å². The van der Waals surface area contributed by atoms with Crippen LogP contribution in [-0.4, -0.2) is 29.0 Å². The number of amides is 1. The molecule has 2 heterocycles. The molecule has 154 valence electrons. The summed E-state index contributed by atoms with van der Waals surface area (Å²) < 4.78 is 46.1. The van der Waals surface area contributed by atoms with Gasteiger partial charge < -0.3 is 20.7 Å². The van der Waals surface area contributed by atoms with Crippen molar-refractivity contribution in [3.8, 4) is 5.75 Å². The van der Waals surface area contributed by atoms with Crippen LogP contribution in [0.3, 0.4) is 0 Å². The van der Waals surface area contributed by atoms with Crippen molar-refractivity contribution in [1.29, 1.82) is 0 Å². The van der Waals surface area contributed by atoms with Crippen LogP contribution in [0.5, 0.6) is 5.75 Å². The molecule has 0 fully saturated rings. The van der Waals surface area contributed by atoms with Gasteiger partial charge in [0.2, 0.25) is 5.95 Å². The van der Waals surface area contributed by atoms with Gasteiger partial charge in [-0.05, 0) is 30.3 Å². The van der Waals surface area contributed by atoms with E-state index >= 15 is 0 Å². The predicted octanol–water partition coefficient (Wildman–Crippen LogP) is 3.43. The van der Waals surface area contributed by atoms with E-state index in [2.05, 4.69) is 25.9 Å². The lowest BCUT2D eigenvalue weighted by molar-refractivity contribution is -0.126. The Bertz CT molecular complexity index is 1130. The van der Waals surface area contributed by atoms with Crippen molar-refractivity contribution in [2.24, 2.45) is 0 Å². The fourth-order valence-corrected chi connectivity index (χ4v) is 2.99. The van der Waals surface area contributed by atoms with E-state index in [-0.39, 0.29) is 23.4 Å². The minimum atomic E-state index is -1.07. The van der Waals surface area contributed by atoms with Crippen LogP contribution >= 0.6 is 0 Å². The normalized spacial score (nSPS) is 14.6. The van der Waals surface area contributed by atoms with Gasteiger partial charge in [0.15, 0.2) is 29.4 Å². The summed E-state index contributed by atoms with van der Waals surface area (Å²) in [6.45, 7) is 0. The van der Waals surface area contributed by atoms with E-state index in [9.17, 15) is 18.0 Å². The molecule has 1 amide bonds. The summed E-state index contributed by atoms with van der Waals surface area (Å²) in [6, 6.07) is 8.29. The average molecular weight is 415 g/mol. The molecule has 0 spiro atoms. The number of fused-ring (bicyclic) bond motifs is 1. The molecule has 3 N–H and O–H groups in total. The molecule has 0 bridgehead atoms. The predicted molar refractivity (Wildman–Crippen MR) is 104 cm³/mol. The molecule has 0 saturated heterocycles. The van der Waals surface area contributed by atoms with Crippen LogP contribution < -0.4 is 20.7 Å². The molecule has 3 aromatic rings. The maximum absolute atomic E-state index is 14.1. The van der Waals surface area contributed by atoms with Crippen molar-refractivity contribution in [1.82, 2.24) is 15.3 Å². The Morgan fingerprint density at radius 3 is 2.57 bits per heavy atom. The lowest BCUT2D eigenvalue weighted by atomic mass is 10.1. The van der Waals surface area contributed by atoms with Gasteiger partial charge in [-0.3, -0.25) is 4.79 Å². The number of likely N-dealkylation sites (N-methyl/N-ethyl adjacent to an activating group) is 1. The number of hydrogen-bond acceptors (Lipinski definition) is 6. The van der Waals surface area contributed by atoms with Gasteiger partial charge in [-0.1, -0.05) is 0 Å². The Labute approximate surface area is 169 Å². The third-order valence-electron chi connectivity index (χ3n) is 4.46. The molecule has 1 unspecified atom stereocenters. The Balaban J connectivity index is 1.51. The molecule has 7 nitrogen and oxygen atoms in total. The third kappa shape index (κ3) is 3.97. The topological polar surface area (TPSA) is 88.2 Å². The second-order valence-corrected chi connectivity index (χ2v) is 6.52. The number of benzene rings is 2. The van der Waals surface area contributed by atoms with Crippen LogP contribution in [-0.2, 0) is 11.2 Å². The van der Waals surface area contributed by atoms with Crippen LogP contribution in [0.1, 0.15) is 5.56 Å². The van der Waals surface area contributed by atoms with Gasteiger partial charge in [-0.2, -0.15) is 4.98 Å². The number of carbonyl (C=O) groups is 1. The summed E-state index contributed by atoms with van der Waals surface area (Å²) in [4.78, 5) is 19.7. The molecule has 0 radical (unpaired) electrons. The van der Waals surface area contributed by atoms with Gasteiger partial charge in [0, 0.05) is 36.5 Å². The molecule has 1 aliphatic heterocycles. The number of halogens is 3. The van der Waals surface area contributed by atoms with E-state index in [0.717, 1.165) is 23.9 Å². The maximum Gasteiger partial charge on any atom is 0.261 e. The number of hydrogen-bond donors (Lipinski definition) is 3. The van der Waals surface area contributed by atoms with E-state index in [1.165, 1.54) is 6.07 Å². The van der Waals surface area contributed by atoms with Gasteiger partial charge in [-0.15, -0.1) is 0 Å². The third-order valence-corrected chi connectivity index (χ3v) is 4.46. The Kier molecular flexibility index (Phi) is 5.13. The highest BCUT2D eigenvalue weighted by Gasteiger charge is 2.28. The summed E-state index contributed by atoms with van der Waals surface area (Å²) in [7, 11) is 1.54. The van der Waals surface area contributed by atoms with Crippen molar-refractivity contribution >= 4 is 29.0 Å². The second-order valence-electron chi connectivity index (χ2n) is 6.52. The summed E-state index contributed by atoms with van der Waals surface area (Å²) in [5.41, 5.74) is 1.57. The van der Waals surface area contributed by atoms with E-state index < -0.39 is 23.6 Å². The molecule has 4 rings (SSSR count). The smallest absolute Gasteiger partial charge is 0.261 e. The monoisotopic (exact) mass is 415 g/mol. The molecule has 1 atom stereocenters. The zero-order valence-electron chi connectivity index (χ0n) is 15.7. The first kappa shape index (κ1) is 19.5. The van der Waals surface area contributed by atoms with Gasteiger partial charge in [0.05, 0.1) is 6.20 Å². The van der Waals surface area contributed by atoms with E-state index in [1.807, 2.05) is 0 Å². The lowest BCUT2D eigenvalue weighted by Crippen LogP contribution is -2.34. The Morgan fingerprint density at radius 1 is 1.03 bits per heavy atom. The van der Waals surface area contributed by atoms with Crippen LogP contribution in [0.15, 0.2) is 42.6 Å². The van der Waals surface area contributed by atoms with Crippen molar-refractivity contribution < 1.29 is 22.7 Å². The van der Waals surface area contributed by atoms with Crippen LogP contribution in [0.25, 0.3) is 0 Å². The average Bonchev–Trinajstić information content (AvgIpc) is 3.16. The molecule has 2 aromatic carbocycles. The SMILES string of the molecule is CNC(=O)C1Cc2cc(Nc3ncc(F)c(Nc4ccc(F)c(F)c4)n3)ccc2O1. The minimum Gasteiger partial charge on any atom is -0.480 e. The molecule has 1 aliphatic rings. The zero-order chi connectivity index (χ0) is 21.3. The summed E-state index contributed by atoms with van der Waals surface area (Å²) in [6.07, 6.45) is 0.780. The van der Waals surface area contributed by atoms with E-state index in [0.29, 0.717) is 17.9 Å². The summed E-state index contributed by atoms with van der Waals surface area (Å²) >= 11 is 0. The highest BCUT2D eigenvalue weighted by Crippen LogP contribution is 2.32. The molecule has 10 heteroatoms. The number of carbonyl (C=O) groups excluding carboxylic acids is 1. The standard InChI is InChI=1S/C20H16F3N5O2/c1-24-19(29)17-7-10-6-11(3-5-16(10)30-17)27-20-25-9-15(23)18(28-20)26-12-2-4-13(21)14(22)8-12/h2-6,8-9,17H,7H2,1H3,(H,24,29)(H2,25,26,27,28). The number of anilines is 4. The molecule has 0 aliphatic carbocycles. The molecule has 0 saturated carbocycles. The quantitative estimate of drug-likeness (QED) is 0.592.